The van der Waals surface area contributed by atoms with Gasteiger partial charge in [0.1, 0.15) is 0 Å². The molecule has 2 unspecified atom stereocenters. The Morgan fingerprint density at radius 3 is 2.76 bits per heavy atom. The van der Waals surface area contributed by atoms with Gasteiger partial charge < -0.3 is 10.1 Å². The summed E-state index contributed by atoms with van der Waals surface area (Å²) in [4.78, 5) is 0. The first-order valence-electron chi connectivity index (χ1n) is 8.72. The van der Waals surface area contributed by atoms with Crippen molar-refractivity contribution in [3.63, 3.8) is 0 Å². The summed E-state index contributed by atoms with van der Waals surface area (Å²) in [6, 6.07) is 0.674. The second kappa shape index (κ2) is 9.05. The Labute approximate surface area is 139 Å². The van der Waals surface area contributed by atoms with E-state index in [0.717, 1.165) is 24.3 Å². The number of thioether (sulfide) groups is 2. The smallest absolute Gasteiger partial charge is 0.0701 e. The first kappa shape index (κ1) is 18.0. The minimum Gasteiger partial charge on any atom is -0.375 e. The third-order valence-electron chi connectivity index (χ3n) is 4.77. The lowest BCUT2D eigenvalue weighted by Gasteiger charge is -2.45. The van der Waals surface area contributed by atoms with Gasteiger partial charge in [0.15, 0.2) is 0 Å². The van der Waals surface area contributed by atoms with E-state index in [9.17, 15) is 0 Å². The molecule has 0 amide bonds. The van der Waals surface area contributed by atoms with E-state index in [0.29, 0.717) is 6.04 Å². The van der Waals surface area contributed by atoms with Gasteiger partial charge in [-0.05, 0) is 61.3 Å². The van der Waals surface area contributed by atoms with E-state index in [1.165, 1.54) is 49.4 Å². The lowest BCUT2D eigenvalue weighted by molar-refractivity contribution is -0.106. The van der Waals surface area contributed by atoms with E-state index in [4.69, 9.17) is 4.74 Å². The molecule has 2 nitrogen and oxygen atoms in total. The third-order valence-corrected chi connectivity index (χ3v) is 6.97. The quantitative estimate of drug-likeness (QED) is 0.755. The molecule has 0 radical (unpaired) electrons. The van der Waals surface area contributed by atoms with Crippen molar-refractivity contribution in [2.45, 2.75) is 69.8 Å². The highest BCUT2D eigenvalue weighted by Gasteiger charge is 2.40. The van der Waals surface area contributed by atoms with E-state index in [-0.39, 0.29) is 5.60 Å². The van der Waals surface area contributed by atoms with Gasteiger partial charge in [-0.1, -0.05) is 20.8 Å². The Hall–Kier alpha value is 0.620. The number of ether oxygens (including phenoxy) is 1. The van der Waals surface area contributed by atoms with Gasteiger partial charge in [-0.2, -0.15) is 23.5 Å². The van der Waals surface area contributed by atoms with E-state index >= 15 is 0 Å². The molecule has 2 atom stereocenters. The minimum absolute atomic E-state index is 0.225. The van der Waals surface area contributed by atoms with Crippen molar-refractivity contribution in [1.82, 2.24) is 5.32 Å². The molecule has 2 aliphatic rings. The SMILES string of the molecule is CCCNC(CSC(C)C)C1CCOC2(CCSCC2)C1. The molecule has 1 spiro atoms. The summed E-state index contributed by atoms with van der Waals surface area (Å²) in [6.45, 7) is 9.02. The zero-order chi connectivity index (χ0) is 15.1. The van der Waals surface area contributed by atoms with Crippen LogP contribution in [0.15, 0.2) is 0 Å². The summed E-state index contributed by atoms with van der Waals surface area (Å²) in [7, 11) is 0. The molecule has 2 fully saturated rings. The van der Waals surface area contributed by atoms with Crippen molar-refractivity contribution in [3.8, 4) is 0 Å². The first-order chi connectivity index (χ1) is 10.2. The molecule has 0 bridgehead atoms. The van der Waals surface area contributed by atoms with Crippen LogP contribution in [0, 0.1) is 5.92 Å². The fraction of sp³-hybridized carbons (Fsp3) is 1.00. The fourth-order valence-corrected chi connectivity index (χ4v) is 5.71. The highest BCUT2D eigenvalue weighted by Crippen LogP contribution is 2.41. The predicted molar refractivity (Wildman–Crippen MR) is 97.6 cm³/mol. The summed E-state index contributed by atoms with van der Waals surface area (Å²) in [5, 5.41) is 4.57. The molecule has 4 heteroatoms. The Kier molecular flexibility index (Phi) is 7.74. The molecule has 1 N–H and O–H groups in total. The van der Waals surface area contributed by atoms with E-state index in [1.54, 1.807) is 0 Å². The Morgan fingerprint density at radius 1 is 1.33 bits per heavy atom. The van der Waals surface area contributed by atoms with Crippen molar-refractivity contribution in [1.29, 1.82) is 0 Å². The van der Waals surface area contributed by atoms with Gasteiger partial charge in [-0.25, -0.2) is 0 Å². The topological polar surface area (TPSA) is 21.3 Å². The van der Waals surface area contributed by atoms with Crippen LogP contribution in [0.3, 0.4) is 0 Å². The third kappa shape index (κ3) is 5.63. The van der Waals surface area contributed by atoms with Gasteiger partial charge in [0.25, 0.3) is 0 Å². The molecule has 2 rings (SSSR count). The predicted octanol–water partition coefficient (Wildman–Crippen LogP) is 4.19. The molecule has 0 aromatic heterocycles. The van der Waals surface area contributed by atoms with Gasteiger partial charge in [-0.15, -0.1) is 0 Å². The number of hydrogen-bond acceptors (Lipinski definition) is 4. The highest BCUT2D eigenvalue weighted by atomic mass is 32.2. The summed E-state index contributed by atoms with van der Waals surface area (Å²) < 4.78 is 6.27. The van der Waals surface area contributed by atoms with Gasteiger partial charge in [-0.3, -0.25) is 0 Å². The first-order valence-corrected chi connectivity index (χ1v) is 10.9. The van der Waals surface area contributed by atoms with Crippen molar-refractivity contribution >= 4 is 23.5 Å². The van der Waals surface area contributed by atoms with Crippen LogP contribution in [0.1, 0.15) is 52.9 Å². The highest BCUT2D eigenvalue weighted by molar-refractivity contribution is 7.99. The average molecular weight is 332 g/mol. The maximum atomic E-state index is 6.27. The lowest BCUT2D eigenvalue weighted by Crippen LogP contribution is -2.49. The van der Waals surface area contributed by atoms with E-state index < -0.39 is 0 Å². The average Bonchev–Trinajstić information content (AvgIpc) is 2.48. The van der Waals surface area contributed by atoms with Crippen LogP contribution in [-0.2, 0) is 4.74 Å². The standard InChI is InChI=1S/C17H33NOS2/c1-4-8-18-16(13-21-14(2)3)15-5-9-19-17(12-15)6-10-20-11-7-17/h14-16,18H,4-13H2,1-3H3. The molecule has 21 heavy (non-hydrogen) atoms. The van der Waals surface area contributed by atoms with Gasteiger partial charge in [0.2, 0.25) is 0 Å². The molecule has 0 aliphatic carbocycles. The van der Waals surface area contributed by atoms with Crippen LogP contribution in [0.25, 0.3) is 0 Å². The molecular weight excluding hydrogens is 298 g/mol. The van der Waals surface area contributed by atoms with Crippen molar-refractivity contribution in [3.05, 3.63) is 0 Å². The second-order valence-corrected chi connectivity index (χ2v) is 9.67. The van der Waals surface area contributed by atoms with Crippen molar-refractivity contribution in [2.75, 3.05) is 30.4 Å². The number of rotatable bonds is 7. The van der Waals surface area contributed by atoms with Gasteiger partial charge in [0, 0.05) is 18.4 Å². The maximum Gasteiger partial charge on any atom is 0.0701 e. The monoisotopic (exact) mass is 331 g/mol. The van der Waals surface area contributed by atoms with E-state index in [2.05, 4.69) is 49.6 Å². The molecule has 0 aromatic rings. The van der Waals surface area contributed by atoms with E-state index in [1.807, 2.05) is 0 Å². The Bertz CT molecular complexity index is 287. The van der Waals surface area contributed by atoms with Crippen LogP contribution >= 0.6 is 23.5 Å². The molecule has 0 aromatic carbocycles. The zero-order valence-corrected chi connectivity index (χ0v) is 15.7. The van der Waals surface area contributed by atoms with Gasteiger partial charge >= 0.3 is 0 Å². The number of hydrogen-bond donors (Lipinski definition) is 1. The summed E-state index contributed by atoms with van der Waals surface area (Å²) in [5.74, 6) is 4.65. The van der Waals surface area contributed by atoms with Crippen LogP contribution in [0.2, 0.25) is 0 Å². The summed E-state index contributed by atoms with van der Waals surface area (Å²) in [6.07, 6.45) is 6.30. The van der Waals surface area contributed by atoms with Crippen LogP contribution in [-0.4, -0.2) is 47.3 Å². The molecule has 2 heterocycles. The molecule has 2 aliphatic heterocycles. The summed E-state index contributed by atoms with van der Waals surface area (Å²) >= 11 is 4.21. The maximum absolute atomic E-state index is 6.27. The molecule has 2 saturated heterocycles. The van der Waals surface area contributed by atoms with Crippen LogP contribution in [0.4, 0.5) is 0 Å². The zero-order valence-electron chi connectivity index (χ0n) is 14.0. The van der Waals surface area contributed by atoms with Gasteiger partial charge in [0.05, 0.1) is 5.60 Å². The van der Waals surface area contributed by atoms with Crippen molar-refractivity contribution in [2.24, 2.45) is 5.92 Å². The van der Waals surface area contributed by atoms with Crippen molar-refractivity contribution < 1.29 is 4.74 Å². The second-order valence-electron chi connectivity index (χ2n) is 6.84. The number of nitrogens with one attached hydrogen (secondary N) is 1. The van der Waals surface area contributed by atoms with Crippen LogP contribution < -0.4 is 5.32 Å². The lowest BCUT2D eigenvalue weighted by atomic mass is 9.79. The Balaban J connectivity index is 1.93. The molecule has 0 saturated carbocycles. The normalized spacial score (nSPS) is 27.1. The largest absolute Gasteiger partial charge is 0.375 e. The summed E-state index contributed by atoms with van der Waals surface area (Å²) in [5.41, 5.74) is 0.225. The molecular formula is C17H33NOS2. The molecule has 124 valence electrons. The fourth-order valence-electron chi connectivity index (χ4n) is 3.49. The Morgan fingerprint density at radius 2 is 2.10 bits per heavy atom. The van der Waals surface area contributed by atoms with Crippen LogP contribution in [0.5, 0.6) is 0 Å². The minimum atomic E-state index is 0.225.